The van der Waals surface area contributed by atoms with Crippen LogP contribution in [0.25, 0.3) is 0 Å². The minimum Gasteiger partial charge on any atom is -0.342 e. The molecule has 0 aromatic heterocycles. The first-order valence-corrected chi connectivity index (χ1v) is 13.7. The summed E-state index contributed by atoms with van der Waals surface area (Å²) in [5.41, 5.74) is 1.83. The van der Waals surface area contributed by atoms with Crippen molar-refractivity contribution in [1.29, 1.82) is 0 Å². The van der Waals surface area contributed by atoms with Crippen molar-refractivity contribution < 1.29 is 14.0 Å². The van der Waals surface area contributed by atoms with Gasteiger partial charge in [-0.1, -0.05) is 36.4 Å². The molecule has 5 nitrogen and oxygen atoms in total. The second-order valence-electron chi connectivity index (χ2n) is 10.8. The second-order valence-corrected chi connectivity index (χ2v) is 10.8. The van der Waals surface area contributed by atoms with Gasteiger partial charge in [-0.2, -0.15) is 0 Å². The number of carbonyl (C=O) groups excluding carboxylic acids is 2. The first-order valence-electron chi connectivity index (χ1n) is 13.7. The molecule has 0 N–H and O–H groups in total. The van der Waals surface area contributed by atoms with Gasteiger partial charge in [0.2, 0.25) is 5.91 Å². The molecule has 2 aromatic rings. The van der Waals surface area contributed by atoms with Crippen LogP contribution in [0.15, 0.2) is 54.6 Å². The summed E-state index contributed by atoms with van der Waals surface area (Å²) in [4.78, 5) is 32.4. The zero-order valence-corrected chi connectivity index (χ0v) is 21.2. The number of rotatable bonds is 5. The molecule has 3 fully saturated rings. The van der Waals surface area contributed by atoms with Gasteiger partial charge in [0.05, 0.1) is 0 Å². The fourth-order valence-electron chi connectivity index (χ4n) is 6.31. The molecule has 0 spiro atoms. The van der Waals surface area contributed by atoms with E-state index in [1.165, 1.54) is 17.7 Å². The van der Waals surface area contributed by atoms with E-state index in [-0.39, 0.29) is 17.6 Å². The standard InChI is InChI=1S/C30H38FN3O2/c31-27-8-4-7-26(22-27)30(36)34-19-13-28(14-20-34)32-17-11-25(12-18-32)29(35)33-15-9-24(10-16-33)21-23-5-2-1-3-6-23/h1-8,22,24-25,28H,9-21H2. The van der Waals surface area contributed by atoms with E-state index in [4.69, 9.17) is 0 Å². The summed E-state index contributed by atoms with van der Waals surface area (Å²) < 4.78 is 13.5. The Kier molecular flexibility index (Phi) is 8.00. The topological polar surface area (TPSA) is 43.9 Å². The SMILES string of the molecule is O=C(c1cccc(F)c1)N1CCC(N2CCC(C(=O)N3CCC(Cc4ccccc4)CC3)CC2)CC1. The minimum absolute atomic E-state index is 0.0789. The van der Waals surface area contributed by atoms with Gasteiger partial charge in [0.1, 0.15) is 5.82 Å². The van der Waals surface area contributed by atoms with E-state index in [9.17, 15) is 14.0 Å². The van der Waals surface area contributed by atoms with Crippen LogP contribution in [0.4, 0.5) is 4.39 Å². The Hall–Kier alpha value is -2.73. The normalized spacial score (nSPS) is 21.0. The largest absolute Gasteiger partial charge is 0.342 e. The summed E-state index contributed by atoms with van der Waals surface area (Å²) in [6, 6.07) is 17.1. The van der Waals surface area contributed by atoms with Crippen LogP contribution in [0.1, 0.15) is 54.4 Å². The van der Waals surface area contributed by atoms with Crippen LogP contribution in [0, 0.1) is 17.7 Å². The number of hydrogen-bond acceptors (Lipinski definition) is 3. The Morgan fingerprint density at radius 3 is 2.08 bits per heavy atom. The van der Waals surface area contributed by atoms with Crippen molar-refractivity contribution in [2.75, 3.05) is 39.3 Å². The number of halogens is 1. The summed E-state index contributed by atoms with van der Waals surface area (Å²) in [6.07, 6.45) is 7.08. The van der Waals surface area contributed by atoms with Crippen LogP contribution in [0.2, 0.25) is 0 Å². The third kappa shape index (κ3) is 5.97. The molecule has 3 heterocycles. The lowest BCUT2D eigenvalue weighted by Gasteiger charge is -2.42. The average Bonchev–Trinajstić information content (AvgIpc) is 2.93. The van der Waals surface area contributed by atoms with Gasteiger partial charge in [0.25, 0.3) is 5.91 Å². The highest BCUT2D eigenvalue weighted by Crippen LogP contribution is 2.28. The maximum Gasteiger partial charge on any atom is 0.253 e. The second kappa shape index (κ2) is 11.5. The van der Waals surface area contributed by atoms with Crippen LogP contribution in [-0.2, 0) is 11.2 Å². The van der Waals surface area contributed by atoms with E-state index in [0.29, 0.717) is 36.5 Å². The smallest absolute Gasteiger partial charge is 0.253 e. The fourth-order valence-corrected chi connectivity index (χ4v) is 6.31. The quantitative estimate of drug-likeness (QED) is 0.613. The number of likely N-dealkylation sites (tertiary alicyclic amines) is 3. The molecule has 3 saturated heterocycles. The lowest BCUT2D eigenvalue weighted by atomic mass is 9.88. The van der Waals surface area contributed by atoms with Gasteiger partial charge < -0.3 is 14.7 Å². The Bertz CT molecular complexity index is 1020. The predicted molar refractivity (Wildman–Crippen MR) is 139 cm³/mol. The zero-order valence-electron chi connectivity index (χ0n) is 21.2. The molecule has 3 aliphatic rings. The molecule has 6 heteroatoms. The summed E-state index contributed by atoms with van der Waals surface area (Å²) in [5, 5.41) is 0. The number of benzene rings is 2. The zero-order chi connectivity index (χ0) is 24.9. The lowest BCUT2D eigenvalue weighted by molar-refractivity contribution is -0.138. The third-order valence-corrected chi connectivity index (χ3v) is 8.51. The lowest BCUT2D eigenvalue weighted by Crippen LogP contribution is -2.51. The number of amides is 2. The Morgan fingerprint density at radius 1 is 0.750 bits per heavy atom. The highest BCUT2D eigenvalue weighted by atomic mass is 19.1. The Labute approximate surface area is 214 Å². The molecule has 36 heavy (non-hydrogen) atoms. The van der Waals surface area contributed by atoms with Gasteiger partial charge in [-0.15, -0.1) is 0 Å². The molecule has 192 valence electrons. The average molecular weight is 492 g/mol. The number of nitrogens with zero attached hydrogens (tertiary/aromatic N) is 3. The van der Waals surface area contributed by atoms with Crippen LogP contribution in [-0.4, -0.2) is 71.8 Å². The maximum atomic E-state index is 13.5. The van der Waals surface area contributed by atoms with E-state index in [2.05, 4.69) is 40.1 Å². The molecule has 0 radical (unpaired) electrons. The van der Waals surface area contributed by atoms with E-state index in [0.717, 1.165) is 71.1 Å². The van der Waals surface area contributed by atoms with Crippen molar-refractivity contribution >= 4 is 11.8 Å². The predicted octanol–water partition coefficient (Wildman–Crippen LogP) is 4.62. The summed E-state index contributed by atoms with van der Waals surface area (Å²) >= 11 is 0. The van der Waals surface area contributed by atoms with E-state index in [1.54, 1.807) is 12.1 Å². The molecule has 0 atom stereocenters. The van der Waals surface area contributed by atoms with Gasteiger partial charge in [0, 0.05) is 43.7 Å². The van der Waals surface area contributed by atoms with Gasteiger partial charge in [-0.3, -0.25) is 9.59 Å². The monoisotopic (exact) mass is 491 g/mol. The molecule has 2 amide bonds. The van der Waals surface area contributed by atoms with Crippen LogP contribution >= 0.6 is 0 Å². The maximum absolute atomic E-state index is 13.5. The van der Waals surface area contributed by atoms with E-state index >= 15 is 0 Å². The van der Waals surface area contributed by atoms with Gasteiger partial charge >= 0.3 is 0 Å². The van der Waals surface area contributed by atoms with Gasteiger partial charge in [-0.25, -0.2) is 4.39 Å². The van der Waals surface area contributed by atoms with Crippen molar-refractivity contribution in [2.45, 2.75) is 51.0 Å². The molecule has 0 saturated carbocycles. The molecule has 2 aromatic carbocycles. The van der Waals surface area contributed by atoms with Gasteiger partial charge in [0.15, 0.2) is 0 Å². The van der Waals surface area contributed by atoms with Crippen molar-refractivity contribution in [1.82, 2.24) is 14.7 Å². The molecular formula is C30H38FN3O2. The minimum atomic E-state index is -0.371. The first-order chi connectivity index (χ1) is 17.6. The van der Waals surface area contributed by atoms with Crippen LogP contribution in [0.3, 0.4) is 0 Å². The summed E-state index contributed by atoms with van der Waals surface area (Å²) in [5.74, 6) is 0.747. The van der Waals surface area contributed by atoms with Crippen molar-refractivity contribution in [3.63, 3.8) is 0 Å². The van der Waals surface area contributed by atoms with Crippen LogP contribution in [0.5, 0.6) is 0 Å². The molecule has 0 bridgehead atoms. The number of carbonyl (C=O) groups is 2. The van der Waals surface area contributed by atoms with E-state index in [1.807, 2.05) is 4.90 Å². The fraction of sp³-hybridized carbons (Fsp3) is 0.533. The highest BCUT2D eigenvalue weighted by Gasteiger charge is 2.34. The Balaban J connectivity index is 1.03. The summed E-state index contributed by atoms with van der Waals surface area (Å²) in [6.45, 7) is 5.13. The third-order valence-electron chi connectivity index (χ3n) is 8.51. The van der Waals surface area contributed by atoms with Crippen molar-refractivity contribution in [3.05, 3.63) is 71.5 Å². The number of piperidine rings is 3. The molecule has 0 aliphatic carbocycles. The number of hydrogen-bond donors (Lipinski definition) is 0. The van der Waals surface area contributed by atoms with Crippen molar-refractivity contribution in [3.8, 4) is 0 Å². The van der Waals surface area contributed by atoms with Crippen LogP contribution < -0.4 is 0 Å². The molecule has 0 unspecified atom stereocenters. The highest BCUT2D eigenvalue weighted by molar-refractivity contribution is 5.94. The van der Waals surface area contributed by atoms with E-state index < -0.39 is 0 Å². The molecule has 5 rings (SSSR count). The van der Waals surface area contributed by atoms with Crippen molar-refractivity contribution in [2.24, 2.45) is 11.8 Å². The first kappa shape index (κ1) is 24.9. The molecular weight excluding hydrogens is 453 g/mol. The van der Waals surface area contributed by atoms with Gasteiger partial charge in [-0.05, 0) is 87.7 Å². The molecule has 3 aliphatic heterocycles. The summed E-state index contributed by atoms with van der Waals surface area (Å²) in [7, 11) is 0. The Morgan fingerprint density at radius 2 is 1.42 bits per heavy atom.